The molecule has 44 valence electrons. The average Bonchev–Trinajstić information content (AvgIpc) is 1.30. The van der Waals surface area contributed by atoms with E-state index in [-0.39, 0.29) is 0 Å². The number of rotatable bonds is 2. The second kappa shape index (κ2) is 2.26. The maximum Gasteiger partial charge on any atom is 0.219 e. The molecule has 0 aliphatic rings. The maximum absolute atomic E-state index is 8.46. The van der Waals surface area contributed by atoms with Gasteiger partial charge in [-0.05, 0) is 6.54 Å². The van der Waals surface area contributed by atoms with E-state index in [4.69, 9.17) is 10.2 Å². The monoisotopic (exact) mass is 105 g/mol. The first-order valence-corrected chi connectivity index (χ1v) is 2.26. The van der Waals surface area contributed by atoms with E-state index in [1.165, 1.54) is 6.92 Å². The average molecular weight is 105 g/mol. The van der Waals surface area contributed by atoms with Crippen LogP contribution in [-0.4, -0.2) is 22.7 Å². The summed E-state index contributed by atoms with van der Waals surface area (Å²) in [6.07, 6.45) is 0. The predicted octanol–water partition coefficient (Wildman–Crippen LogP) is -0.746. The second-order valence-electron chi connectivity index (χ2n) is 1.55. The smallest absolute Gasteiger partial charge is 0.219 e. The molecule has 3 nitrogen and oxygen atoms in total. The van der Waals surface area contributed by atoms with Gasteiger partial charge < -0.3 is 10.2 Å². The van der Waals surface area contributed by atoms with Crippen molar-refractivity contribution >= 4 is 0 Å². The highest BCUT2D eigenvalue weighted by Crippen LogP contribution is 1.85. The van der Waals surface area contributed by atoms with Gasteiger partial charge >= 0.3 is 0 Å². The van der Waals surface area contributed by atoms with Crippen LogP contribution in [0.5, 0.6) is 0 Å². The molecule has 0 aromatic rings. The van der Waals surface area contributed by atoms with Gasteiger partial charge in [-0.3, -0.25) is 5.32 Å². The Kier molecular flexibility index (Phi) is 2.22. The molecule has 0 saturated carbocycles. The van der Waals surface area contributed by atoms with E-state index in [9.17, 15) is 0 Å². The Bertz CT molecular complexity index is 48.1. The van der Waals surface area contributed by atoms with Crippen molar-refractivity contribution in [3.63, 3.8) is 0 Å². The summed E-state index contributed by atoms with van der Waals surface area (Å²) in [6.45, 7) is 3.63. The third-order valence-corrected chi connectivity index (χ3v) is 0.512. The Balaban J connectivity index is 3.15. The molecule has 0 atom stereocenters. The zero-order valence-corrected chi connectivity index (χ0v) is 4.60. The maximum atomic E-state index is 8.46. The third kappa shape index (κ3) is 5.88. The molecule has 0 aliphatic heterocycles. The molecule has 0 bridgehead atoms. The number of nitrogens with one attached hydrogen (secondary N) is 1. The molecule has 7 heavy (non-hydrogen) atoms. The van der Waals surface area contributed by atoms with E-state index < -0.39 is 5.91 Å². The molecular formula is C4H11NO2. The quantitative estimate of drug-likeness (QED) is 0.405. The molecule has 0 saturated heterocycles. The molecule has 0 amide bonds. The summed E-state index contributed by atoms with van der Waals surface area (Å²) in [5, 5.41) is 19.3. The Morgan fingerprint density at radius 1 is 1.57 bits per heavy atom. The minimum atomic E-state index is -1.70. The summed E-state index contributed by atoms with van der Waals surface area (Å²) in [5.41, 5.74) is 0. The van der Waals surface area contributed by atoms with Gasteiger partial charge in [-0.2, -0.15) is 0 Å². The fourth-order valence-corrected chi connectivity index (χ4v) is 0.335. The molecule has 0 rings (SSSR count). The van der Waals surface area contributed by atoms with Crippen LogP contribution in [0.25, 0.3) is 0 Å². The SMILES string of the molecule is CCNC(C)(O)O. The summed E-state index contributed by atoms with van der Waals surface area (Å²) >= 11 is 0. The minimum Gasteiger partial charge on any atom is -0.354 e. The summed E-state index contributed by atoms with van der Waals surface area (Å²) < 4.78 is 0. The summed E-state index contributed by atoms with van der Waals surface area (Å²) in [6, 6.07) is 0. The first kappa shape index (κ1) is 6.88. The van der Waals surface area contributed by atoms with Crippen molar-refractivity contribution in [2.45, 2.75) is 19.8 Å². The molecule has 0 aliphatic carbocycles. The van der Waals surface area contributed by atoms with Crippen LogP contribution in [0.1, 0.15) is 13.8 Å². The van der Waals surface area contributed by atoms with Crippen molar-refractivity contribution in [3.05, 3.63) is 0 Å². The van der Waals surface area contributed by atoms with E-state index in [0.717, 1.165) is 0 Å². The lowest BCUT2D eigenvalue weighted by atomic mass is 10.5. The van der Waals surface area contributed by atoms with Crippen molar-refractivity contribution < 1.29 is 10.2 Å². The van der Waals surface area contributed by atoms with Crippen LogP contribution >= 0.6 is 0 Å². The highest BCUT2D eigenvalue weighted by Gasteiger charge is 2.09. The van der Waals surface area contributed by atoms with Crippen molar-refractivity contribution in [1.29, 1.82) is 0 Å². The fourth-order valence-electron chi connectivity index (χ4n) is 0.335. The molecule has 3 N–H and O–H groups in total. The van der Waals surface area contributed by atoms with E-state index in [1.807, 2.05) is 0 Å². The normalized spacial score (nSPS) is 12.0. The summed E-state index contributed by atoms with van der Waals surface area (Å²) in [4.78, 5) is 0. The zero-order chi connectivity index (χ0) is 5.91. The van der Waals surface area contributed by atoms with Crippen LogP contribution in [0.15, 0.2) is 0 Å². The van der Waals surface area contributed by atoms with Gasteiger partial charge in [0.2, 0.25) is 5.91 Å². The molecule has 0 radical (unpaired) electrons. The Labute approximate surface area is 43.0 Å². The standard InChI is InChI=1S/C4H11NO2/c1-3-5-4(2,6)7/h5-7H,3H2,1-2H3. The number of hydrogen-bond donors (Lipinski definition) is 3. The van der Waals surface area contributed by atoms with Gasteiger partial charge in [0.1, 0.15) is 0 Å². The van der Waals surface area contributed by atoms with E-state index in [1.54, 1.807) is 6.92 Å². The van der Waals surface area contributed by atoms with Crippen LogP contribution < -0.4 is 5.32 Å². The van der Waals surface area contributed by atoms with Gasteiger partial charge in [-0.1, -0.05) is 6.92 Å². The van der Waals surface area contributed by atoms with E-state index in [2.05, 4.69) is 5.32 Å². The predicted molar refractivity (Wildman–Crippen MR) is 26.5 cm³/mol. The van der Waals surface area contributed by atoms with Gasteiger partial charge in [0.05, 0.1) is 0 Å². The Morgan fingerprint density at radius 2 is 2.00 bits per heavy atom. The number of hydrogen-bond acceptors (Lipinski definition) is 3. The third-order valence-electron chi connectivity index (χ3n) is 0.512. The van der Waals surface area contributed by atoms with Crippen molar-refractivity contribution in [2.75, 3.05) is 6.54 Å². The molecule has 0 fully saturated rings. The van der Waals surface area contributed by atoms with Crippen LogP contribution in [0.4, 0.5) is 0 Å². The lowest BCUT2D eigenvalue weighted by molar-refractivity contribution is -0.168. The highest BCUT2D eigenvalue weighted by molar-refractivity contribution is 4.47. The lowest BCUT2D eigenvalue weighted by Gasteiger charge is -2.14. The molecular weight excluding hydrogens is 94.0 g/mol. The molecule has 0 spiro atoms. The van der Waals surface area contributed by atoms with Crippen LogP contribution in [0.3, 0.4) is 0 Å². The molecule has 0 unspecified atom stereocenters. The van der Waals surface area contributed by atoms with Crippen molar-refractivity contribution in [3.8, 4) is 0 Å². The molecule has 0 aromatic carbocycles. The van der Waals surface area contributed by atoms with Gasteiger partial charge in [-0.25, -0.2) is 0 Å². The zero-order valence-electron chi connectivity index (χ0n) is 4.60. The molecule has 0 aromatic heterocycles. The molecule has 3 heteroatoms. The Morgan fingerprint density at radius 3 is 2.00 bits per heavy atom. The van der Waals surface area contributed by atoms with Gasteiger partial charge in [-0.15, -0.1) is 0 Å². The van der Waals surface area contributed by atoms with Crippen LogP contribution in [-0.2, 0) is 0 Å². The lowest BCUT2D eigenvalue weighted by Crippen LogP contribution is -2.41. The first-order chi connectivity index (χ1) is 3.06. The van der Waals surface area contributed by atoms with Crippen LogP contribution in [0.2, 0.25) is 0 Å². The fraction of sp³-hybridized carbons (Fsp3) is 1.00. The Hall–Kier alpha value is -0.120. The first-order valence-electron chi connectivity index (χ1n) is 2.26. The number of aliphatic hydroxyl groups is 2. The summed E-state index contributed by atoms with van der Waals surface area (Å²) in [7, 11) is 0. The molecule has 0 heterocycles. The second-order valence-corrected chi connectivity index (χ2v) is 1.55. The van der Waals surface area contributed by atoms with Gasteiger partial charge in [0.15, 0.2) is 0 Å². The van der Waals surface area contributed by atoms with E-state index in [0.29, 0.717) is 6.54 Å². The van der Waals surface area contributed by atoms with Crippen molar-refractivity contribution in [1.82, 2.24) is 5.32 Å². The minimum absolute atomic E-state index is 0.559. The van der Waals surface area contributed by atoms with Gasteiger partial charge in [0.25, 0.3) is 0 Å². The highest BCUT2D eigenvalue weighted by atomic mass is 16.5. The van der Waals surface area contributed by atoms with Gasteiger partial charge in [0, 0.05) is 6.92 Å². The van der Waals surface area contributed by atoms with Crippen molar-refractivity contribution in [2.24, 2.45) is 0 Å². The topological polar surface area (TPSA) is 52.5 Å². The largest absolute Gasteiger partial charge is 0.354 e. The van der Waals surface area contributed by atoms with E-state index >= 15 is 0 Å². The van der Waals surface area contributed by atoms with Crippen LogP contribution in [0, 0.1) is 0 Å². The summed E-state index contributed by atoms with van der Waals surface area (Å²) in [5.74, 6) is -1.70.